The zero-order chi connectivity index (χ0) is 20.0. The third-order valence-electron chi connectivity index (χ3n) is 3.13. The Morgan fingerprint density at radius 2 is 1.85 bits per heavy atom. The number of halogens is 5. The summed E-state index contributed by atoms with van der Waals surface area (Å²) in [6, 6.07) is 2.73. The van der Waals surface area contributed by atoms with Gasteiger partial charge in [0.15, 0.2) is 12.1 Å². The molecule has 0 fully saturated rings. The van der Waals surface area contributed by atoms with Gasteiger partial charge in [0, 0.05) is 14.1 Å². The minimum Gasteiger partial charge on any atom is -0.369 e. The standard InChI is InChI=1S/C12H11Cl5N4O3S2/c1-20(2)26(23,24)21-8-4-6(14)5(13)3-7(8)18-9(21)10(25)19-11(22)12(15,16)17/h3-4,11,22H,1-2H3,(H,19,25). The maximum absolute atomic E-state index is 12.8. The van der Waals surface area contributed by atoms with Crippen LogP contribution in [-0.4, -0.2) is 55.9 Å². The molecule has 0 aliphatic carbocycles. The van der Waals surface area contributed by atoms with Crippen LogP contribution in [0.2, 0.25) is 10.0 Å². The van der Waals surface area contributed by atoms with E-state index in [1.165, 1.54) is 26.2 Å². The molecule has 0 aliphatic heterocycles. The van der Waals surface area contributed by atoms with Gasteiger partial charge in [-0.1, -0.05) is 70.2 Å². The highest BCUT2D eigenvalue weighted by Crippen LogP contribution is 2.31. The van der Waals surface area contributed by atoms with Gasteiger partial charge in [0.1, 0.15) is 4.99 Å². The van der Waals surface area contributed by atoms with Crippen LogP contribution in [0.5, 0.6) is 0 Å². The van der Waals surface area contributed by atoms with E-state index in [-0.39, 0.29) is 31.9 Å². The fourth-order valence-corrected chi connectivity index (χ4v) is 3.72. The highest BCUT2D eigenvalue weighted by atomic mass is 35.6. The van der Waals surface area contributed by atoms with E-state index in [1.54, 1.807) is 0 Å². The van der Waals surface area contributed by atoms with Crippen molar-refractivity contribution in [3.05, 3.63) is 28.0 Å². The molecule has 1 aromatic heterocycles. The Hall–Kier alpha value is -0.100. The lowest BCUT2D eigenvalue weighted by atomic mass is 10.3. The number of fused-ring (bicyclic) bond motifs is 1. The molecule has 1 unspecified atom stereocenters. The number of nitrogens with one attached hydrogen (secondary N) is 1. The molecule has 1 aromatic carbocycles. The molecule has 7 nitrogen and oxygen atoms in total. The first-order chi connectivity index (χ1) is 11.8. The summed E-state index contributed by atoms with van der Waals surface area (Å²) in [5.74, 6) is -0.213. The molecule has 2 rings (SSSR count). The van der Waals surface area contributed by atoms with E-state index in [1.807, 2.05) is 0 Å². The summed E-state index contributed by atoms with van der Waals surface area (Å²) < 4.78 is 25.2. The van der Waals surface area contributed by atoms with Crippen molar-refractivity contribution < 1.29 is 13.5 Å². The van der Waals surface area contributed by atoms with Gasteiger partial charge in [-0.25, -0.2) is 8.96 Å². The monoisotopic (exact) mass is 498 g/mol. The van der Waals surface area contributed by atoms with Crippen LogP contribution < -0.4 is 5.32 Å². The topological polar surface area (TPSA) is 87.5 Å². The van der Waals surface area contributed by atoms with Crippen LogP contribution in [0.15, 0.2) is 12.1 Å². The molecule has 144 valence electrons. The molecule has 0 saturated carbocycles. The van der Waals surface area contributed by atoms with Crippen LogP contribution >= 0.6 is 70.2 Å². The molecule has 14 heteroatoms. The molecular formula is C12H11Cl5N4O3S2. The zero-order valence-corrected chi connectivity index (χ0v) is 18.5. The first kappa shape index (κ1) is 22.2. The number of nitrogens with zero attached hydrogens (tertiary/aromatic N) is 3. The lowest BCUT2D eigenvalue weighted by Gasteiger charge is -2.22. The van der Waals surface area contributed by atoms with Crippen molar-refractivity contribution in [2.45, 2.75) is 10.0 Å². The van der Waals surface area contributed by atoms with Gasteiger partial charge >= 0.3 is 10.2 Å². The Morgan fingerprint density at radius 1 is 1.31 bits per heavy atom. The van der Waals surface area contributed by atoms with E-state index >= 15 is 0 Å². The van der Waals surface area contributed by atoms with Crippen LogP contribution in [0.1, 0.15) is 5.82 Å². The van der Waals surface area contributed by atoms with Gasteiger partial charge in [-0.05, 0) is 12.1 Å². The van der Waals surface area contributed by atoms with Crippen LogP contribution in [0.4, 0.5) is 0 Å². The first-order valence-electron chi connectivity index (χ1n) is 6.63. The van der Waals surface area contributed by atoms with E-state index in [0.717, 1.165) is 8.28 Å². The second kappa shape index (κ2) is 7.73. The minimum absolute atomic E-state index is 0.126. The number of thiocarbonyl (C=S) groups is 1. The smallest absolute Gasteiger partial charge is 0.309 e. The van der Waals surface area contributed by atoms with Crippen molar-refractivity contribution in [2.24, 2.45) is 0 Å². The second-order valence-electron chi connectivity index (χ2n) is 5.16. The maximum atomic E-state index is 12.8. The average molecular weight is 501 g/mol. The fourth-order valence-electron chi connectivity index (χ4n) is 1.86. The highest BCUT2D eigenvalue weighted by molar-refractivity contribution is 7.88. The molecule has 1 heterocycles. The number of benzene rings is 1. The predicted molar refractivity (Wildman–Crippen MR) is 109 cm³/mol. The predicted octanol–water partition coefficient (Wildman–Crippen LogP) is 2.95. The summed E-state index contributed by atoms with van der Waals surface area (Å²) in [5, 5.41) is 12.5. The Kier molecular flexibility index (Phi) is 6.60. The van der Waals surface area contributed by atoms with Crippen molar-refractivity contribution >= 4 is 96.5 Å². The summed E-state index contributed by atoms with van der Waals surface area (Å²) in [5.41, 5.74) is 0.350. The van der Waals surface area contributed by atoms with Crippen molar-refractivity contribution in [3.8, 4) is 0 Å². The second-order valence-corrected chi connectivity index (χ2v) is 10.7. The van der Waals surface area contributed by atoms with E-state index in [0.29, 0.717) is 0 Å². The van der Waals surface area contributed by atoms with Gasteiger partial charge in [0.2, 0.25) is 3.79 Å². The fraction of sp³-hybridized carbons (Fsp3) is 0.333. The summed E-state index contributed by atoms with van der Waals surface area (Å²) in [6.07, 6.45) is -1.71. The third-order valence-corrected chi connectivity index (χ3v) is 6.52. The van der Waals surface area contributed by atoms with Gasteiger partial charge in [-0.2, -0.15) is 12.7 Å². The molecule has 0 spiro atoms. The van der Waals surface area contributed by atoms with Crippen LogP contribution in [0.3, 0.4) is 0 Å². The van der Waals surface area contributed by atoms with Crippen LogP contribution in [0.25, 0.3) is 11.0 Å². The number of aliphatic hydroxyl groups excluding tert-OH is 1. The quantitative estimate of drug-likeness (QED) is 0.381. The summed E-state index contributed by atoms with van der Waals surface area (Å²) in [7, 11) is -1.40. The molecule has 0 aliphatic rings. The number of aromatic nitrogens is 2. The van der Waals surface area contributed by atoms with Crippen molar-refractivity contribution in [2.75, 3.05) is 14.1 Å². The number of aliphatic hydroxyl groups is 1. The Labute approximate surface area is 179 Å². The highest BCUT2D eigenvalue weighted by Gasteiger charge is 2.34. The normalized spacial score (nSPS) is 14.0. The summed E-state index contributed by atoms with van der Waals surface area (Å²) in [6.45, 7) is 0. The first-order valence-corrected chi connectivity index (χ1v) is 10.3. The molecular weight excluding hydrogens is 490 g/mol. The summed E-state index contributed by atoms with van der Waals surface area (Å²) >= 11 is 33.9. The minimum atomic E-state index is -4.06. The lowest BCUT2D eigenvalue weighted by Crippen LogP contribution is -2.44. The van der Waals surface area contributed by atoms with E-state index in [4.69, 9.17) is 70.2 Å². The van der Waals surface area contributed by atoms with Gasteiger partial charge in [0.25, 0.3) is 0 Å². The SMILES string of the molecule is CN(C)S(=O)(=O)n1c(C(=S)NC(O)C(Cl)(Cl)Cl)nc2cc(Cl)c(Cl)cc21. The van der Waals surface area contributed by atoms with Crippen molar-refractivity contribution in [1.82, 2.24) is 18.6 Å². The molecule has 1 atom stereocenters. The lowest BCUT2D eigenvalue weighted by molar-refractivity contribution is 0.165. The van der Waals surface area contributed by atoms with Crippen molar-refractivity contribution in [3.63, 3.8) is 0 Å². The van der Waals surface area contributed by atoms with Gasteiger partial charge in [0.05, 0.1) is 21.1 Å². The molecule has 0 saturated heterocycles. The van der Waals surface area contributed by atoms with E-state index in [2.05, 4.69) is 10.3 Å². The van der Waals surface area contributed by atoms with Gasteiger partial charge in [-0.15, -0.1) is 0 Å². The van der Waals surface area contributed by atoms with E-state index < -0.39 is 20.2 Å². The number of hydrogen-bond donors (Lipinski definition) is 2. The molecule has 0 bridgehead atoms. The maximum Gasteiger partial charge on any atom is 0.309 e. The number of imidazole rings is 1. The largest absolute Gasteiger partial charge is 0.369 e. The number of rotatable bonds is 4. The number of hydrogen-bond acceptors (Lipinski definition) is 5. The molecule has 0 radical (unpaired) electrons. The Balaban J connectivity index is 2.71. The van der Waals surface area contributed by atoms with Crippen LogP contribution in [-0.2, 0) is 10.2 Å². The molecule has 2 aromatic rings. The zero-order valence-electron chi connectivity index (χ0n) is 13.0. The Morgan fingerprint density at radius 3 is 2.35 bits per heavy atom. The summed E-state index contributed by atoms with van der Waals surface area (Å²) in [4.78, 5) is 3.90. The average Bonchev–Trinajstić information content (AvgIpc) is 2.85. The van der Waals surface area contributed by atoms with Gasteiger partial charge in [-0.3, -0.25) is 0 Å². The van der Waals surface area contributed by atoms with Crippen LogP contribution in [0, 0.1) is 0 Å². The number of alkyl halides is 3. The van der Waals surface area contributed by atoms with E-state index in [9.17, 15) is 13.5 Å². The molecule has 0 amide bonds. The molecule has 26 heavy (non-hydrogen) atoms. The molecule has 2 N–H and O–H groups in total. The van der Waals surface area contributed by atoms with Crippen molar-refractivity contribution in [1.29, 1.82) is 0 Å². The third kappa shape index (κ3) is 4.31. The van der Waals surface area contributed by atoms with Gasteiger partial charge < -0.3 is 10.4 Å². The Bertz CT molecular complexity index is 971.